The van der Waals surface area contributed by atoms with E-state index < -0.39 is 18.0 Å². The van der Waals surface area contributed by atoms with Crippen LogP contribution in [0.3, 0.4) is 0 Å². The third-order valence-electron chi connectivity index (χ3n) is 6.40. The Balaban J connectivity index is 1.73. The summed E-state index contributed by atoms with van der Waals surface area (Å²) in [5.74, 6) is -0.705. The lowest BCUT2D eigenvalue weighted by Gasteiger charge is -2.25. The molecule has 1 atom stereocenters. The van der Waals surface area contributed by atoms with Gasteiger partial charge < -0.3 is 14.2 Å². The van der Waals surface area contributed by atoms with Crippen LogP contribution in [0.25, 0.3) is 11.8 Å². The molecule has 4 aromatic rings. The quantitative estimate of drug-likeness (QED) is 0.261. The molecule has 0 radical (unpaired) electrons. The zero-order valence-corrected chi connectivity index (χ0v) is 24.5. The highest BCUT2D eigenvalue weighted by atomic mass is 35.5. The maximum Gasteiger partial charge on any atom is 0.344 e. The number of hydrogen-bond acceptors (Lipinski definition) is 8. The Hall–Kier alpha value is -4.47. The van der Waals surface area contributed by atoms with Crippen molar-refractivity contribution < 1.29 is 23.8 Å². The van der Waals surface area contributed by atoms with Crippen molar-refractivity contribution in [1.82, 2.24) is 4.57 Å². The van der Waals surface area contributed by atoms with Crippen molar-refractivity contribution >= 4 is 46.6 Å². The lowest BCUT2D eigenvalue weighted by Crippen LogP contribution is -2.40. The van der Waals surface area contributed by atoms with Crippen molar-refractivity contribution in [3.8, 4) is 5.75 Å². The number of ether oxygens (including phenoxy) is 3. The Bertz CT molecular complexity index is 1830. The molecule has 1 aliphatic heterocycles. The molecule has 0 aliphatic carbocycles. The second kappa shape index (κ2) is 13.0. The first-order valence-electron chi connectivity index (χ1n) is 13.3. The molecule has 5 rings (SSSR count). The van der Waals surface area contributed by atoms with Crippen LogP contribution >= 0.6 is 22.9 Å². The first kappa shape index (κ1) is 29.0. The molecule has 0 spiro atoms. The van der Waals surface area contributed by atoms with Gasteiger partial charge in [-0.25, -0.2) is 14.6 Å². The van der Waals surface area contributed by atoms with Crippen molar-refractivity contribution in [2.24, 2.45) is 4.99 Å². The number of esters is 2. The van der Waals surface area contributed by atoms with Gasteiger partial charge in [0.05, 0.1) is 35.1 Å². The predicted octanol–water partition coefficient (Wildman–Crippen LogP) is 4.53. The van der Waals surface area contributed by atoms with Crippen molar-refractivity contribution in [3.63, 3.8) is 0 Å². The molecule has 0 fully saturated rings. The van der Waals surface area contributed by atoms with Crippen LogP contribution < -0.4 is 19.6 Å². The van der Waals surface area contributed by atoms with Gasteiger partial charge in [-0.2, -0.15) is 0 Å². The van der Waals surface area contributed by atoms with E-state index in [0.29, 0.717) is 31.4 Å². The van der Waals surface area contributed by atoms with Crippen LogP contribution in [0.15, 0.2) is 94.2 Å². The van der Waals surface area contributed by atoms with Gasteiger partial charge in [0.15, 0.2) is 11.4 Å². The molecular formula is C32H27ClN2O6S. The molecule has 0 unspecified atom stereocenters. The van der Waals surface area contributed by atoms with Crippen molar-refractivity contribution in [1.29, 1.82) is 0 Å². The van der Waals surface area contributed by atoms with Gasteiger partial charge in [0.25, 0.3) is 5.56 Å². The molecule has 1 aliphatic rings. The summed E-state index contributed by atoms with van der Waals surface area (Å²) in [7, 11) is 0. The van der Waals surface area contributed by atoms with Gasteiger partial charge in [0.1, 0.15) is 5.75 Å². The molecule has 0 bridgehead atoms. The fraction of sp³-hybridized carbons (Fsp3) is 0.188. The van der Waals surface area contributed by atoms with Crippen LogP contribution in [0, 0.1) is 0 Å². The zero-order valence-electron chi connectivity index (χ0n) is 22.9. The minimum absolute atomic E-state index is 0.166. The van der Waals surface area contributed by atoms with Gasteiger partial charge in [0, 0.05) is 16.1 Å². The minimum atomic E-state index is -0.780. The van der Waals surface area contributed by atoms with Gasteiger partial charge in [-0.05, 0) is 43.7 Å². The van der Waals surface area contributed by atoms with Crippen LogP contribution in [0.1, 0.15) is 36.6 Å². The Labute approximate surface area is 250 Å². The van der Waals surface area contributed by atoms with E-state index in [0.717, 1.165) is 11.1 Å². The molecule has 10 heteroatoms. The molecule has 8 nitrogen and oxygen atoms in total. The number of fused-ring (bicyclic) bond motifs is 1. The third kappa shape index (κ3) is 6.07. The van der Waals surface area contributed by atoms with Gasteiger partial charge in [0.2, 0.25) is 0 Å². The first-order valence-corrected chi connectivity index (χ1v) is 14.5. The highest BCUT2D eigenvalue weighted by molar-refractivity contribution is 7.07. The number of aromatic nitrogens is 1. The van der Waals surface area contributed by atoms with E-state index in [-0.39, 0.29) is 31.0 Å². The summed E-state index contributed by atoms with van der Waals surface area (Å²) in [6, 6.07) is 22.8. The molecule has 3 aromatic carbocycles. The summed E-state index contributed by atoms with van der Waals surface area (Å²) in [5, 5.41) is 0.427. The van der Waals surface area contributed by atoms with Crippen LogP contribution in [0.4, 0.5) is 0 Å². The summed E-state index contributed by atoms with van der Waals surface area (Å²) in [6.45, 7) is 3.55. The molecular weight excluding hydrogens is 576 g/mol. The smallest absolute Gasteiger partial charge is 0.344 e. The molecule has 1 aromatic heterocycles. The minimum Gasteiger partial charge on any atom is -0.481 e. The molecule has 2 heterocycles. The number of thiazole rings is 1. The third-order valence-corrected chi connectivity index (χ3v) is 7.62. The molecule has 0 amide bonds. The van der Waals surface area contributed by atoms with Crippen molar-refractivity contribution in [2.45, 2.75) is 19.9 Å². The summed E-state index contributed by atoms with van der Waals surface area (Å²) >= 11 is 7.47. The Morgan fingerprint density at radius 3 is 2.36 bits per heavy atom. The van der Waals surface area contributed by atoms with Crippen LogP contribution in [0.5, 0.6) is 5.75 Å². The largest absolute Gasteiger partial charge is 0.481 e. The SMILES string of the molecule is CCOC(=O)COc1ccc(Cl)cc1/C=c1\sc2n(c1=O)[C@@H](c1ccccc1)C(C(=O)OCC)=C(c1ccccc1)N=2. The average molecular weight is 603 g/mol. The topological polar surface area (TPSA) is 96.2 Å². The van der Waals surface area contributed by atoms with Crippen LogP contribution in [-0.2, 0) is 19.1 Å². The Morgan fingerprint density at radius 1 is 0.976 bits per heavy atom. The van der Waals surface area contributed by atoms with E-state index in [1.807, 2.05) is 60.7 Å². The van der Waals surface area contributed by atoms with E-state index >= 15 is 0 Å². The molecule has 0 N–H and O–H groups in total. The van der Waals surface area contributed by atoms with Crippen molar-refractivity contribution in [3.05, 3.63) is 126 Å². The van der Waals surface area contributed by atoms with Crippen LogP contribution in [0.2, 0.25) is 5.02 Å². The van der Waals surface area contributed by atoms with E-state index in [1.54, 1.807) is 38.1 Å². The van der Waals surface area contributed by atoms with E-state index in [2.05, 4.69) is 0 Å². The van der Waals surface area contributed by atoms with Crippen molar-refractivity contribution in [2.75, 3.05) is 19.8 Å². The highest BCUT2D eigenvalue weighted by Gasteiger charge is 2.35. The summed E-state index contributed by atoms with van der Waals surface area (Å²) in [4.78, 5) is 44.8. The maximum atomic E-state index is 14.1. The van der Waals surface area contributed by atoms with Gasteiger partial charge >= 0.3 is 11.9 Å². The van der Waals surface area contributed by atoms with E-state index in [1.165, 1.54) is 15.9 Å². The lowest BCUT2D eigenvalue weighted by molar-refractivity contribution is -0.145. The molecule has 0 saturated heterocycles. The van der Waals surface area contributed by atoms with E-state index in [9.17, 15) is 14.4 Å². The number of rotatable bonds is 9. The summed E-state index contributed by atoms with van der Waals surface area (Å²) in [6.07, 6.45) is 1.65. The molecule has 0 saturated carbocycles. The maximum absolute atomic E-state index is 14.1. The fourth-order valence-electron chi connectivity index (χ4n) is 4.64. The van der Waals surface area contributed by atoms with Gasteiger partial charge in [-0.15, -0.1) is 0 Å². The standard InChI is InChI=1S/C32H27ClN2O6S/c1-3-39-26(36)19-41-24-16-15-23(33)17-22(24)18-25-30(37)35-29(21-13-9-6-10-14-21)27(31(38)40-4-2)28(34-32(35)42-25)20-11-7-5-8-12-20/h5-18,29H,3-4,19H2,1-2H3/b25-18-/t29-/m0/s1. The average Bonchev–Trinajstić information content (AvgIpc) is 3.31. The number of nitrogens with zero attached hydrogens (tertiary/aromatic N) is 2. The number of halogens is 1. The summed E-state index contributed by atoms with van der Waals surface area (Å²) in [5.41, 5.74) is 2.33. The van der Waals surface area contributed by atoms with Gasteiger partial charge in [-0.3, -0.25) is 9.36 Å². The monoisotopic (exact) mass is 602 g/mol. The zero-order chi connectivity index (χ0) is 29.6. The van der Waals surface area contributed by atoms with Crippen LogP contribution in [-0.4, -0.2) is 36.3 Å². The Kier molecular flexibility index (Phi) is 9.00. The number of carbonyl (C=O) groups excluding carboxylic acids is 2. The molecule has 42 heavy (non-hydrogen) atoms. The highest BCUT2D eigenvalue weighted by Crippen LogP contribution is 2.35. The first-order chi connectivity index (χ1) is 20.4. The number of carbonyl (C=O) groups is 2. The number of benzene rings is 3. The fourth-order valence-corrected chi connectivity index (χ4v) is 5.81. The predicted molar refractivity (Wildman–Crippen MR) is 161 cm³/mol. The van der Waals surface area contributed by atoms with Gasteiger partial charge in [-0.1, -0.05) is 83.6 Å². The summed E-state index contributed by atoms with van der Waals surface area (Å²) < 4.78 is 18.0. The van der Waals surface area contributed by atoms with E-state index in [4.69, 9.17) is 30.8 Å². The normalized spacial score (nSPS) is 14.6. The second-order valence-corrected chi connectivity index (χ2v) is 10.6. The number of hydrogen-bond donors (Lipinski definition) is 0. The second-order valence-electron chi connectivity index (χ2n) is 9.12. The Morgan fingerprint density at radius 2 is 1.67 bits per heavy atom. The lowest BCUT2D eigenvalue weighted by atomic mass is 9.93. The molecule has 214 valence electrons.